The van der Waals surface area contributed by atoms with Crippen molar-refractivity contribution in [1.82, 2.24) is 10.2 Å². The summed E-state index contributed by atoms with van der Waals surface area (Å²) in [6.07, 6.45) is 0.698. The number of hydrogen-bond acceptors (Lipinski definition) is 6. The zero-order chi connectivity index (χ0) is 10.7. The van der Waals surface area contributed by atoms with Crippen molar-refractivity contribution in [2.45, 2.75) is 17.0 Å². The Hall–Kier alpha value is -1.14. The molecule has 0 unspecified atom stereocenters. The lowest BCUT2D eigenvalue weighted by Crippen LogP contribution is -1.76. The fraction of sp³-hybridized carbons (Fsp3) is 0.222. The number of aryl methyl sites for hydroxylation is 1. The summed E-state index contributed by atoms with van der Waals surface area (Å²) in [5.74, 6) is 1.80. The zero-order valence-corrected chi connectivity index (χ0v) is 9.60. The van der Waals surface area contributed by atoms with Crippen molar-refractivity contribution in [3.05, 3.63) is 28.7 Å². The highest BCUT2D eigenvalue weighted by Gasteiger charge is 2.05. The smallest absolute Gasteiger partial charge is 0.185 e. The van der Waals surface area contributed by atoms with Crippen LogP contribution in [-0.2, 0) is 5.75 Å². The molecule has 0 fully saturated rings. The molecular weight excluding hydrogens is 232 g/mol. The Morgan fingerprint density at radius 3 is 3.00 bits per heavy atom. The first-order valence-corrected chi connectivity index (χ1v) is 6.05. The number of carbonyl (C=O) groups is 1. The summed E-state index contributed by atoms with van der Waals surface area (Å²) in [5.41, 5.74) is 0. The number of carbonyl (C=O) groups excluding carboxylic acids is 1. The van der Waals surface area contributed by atoms with E-state index in [0.717, 1.165) is 15.1 Å². The van der Waals surface area contributed by atoms with Gasteiger partial charge in [0.1, 0.15) is 10.8 Å². The van der Waals surface area contributed by atoms with Crippen LogP contribution < -0.4 is 0 Å². The minimum atomic E-state index is 0.360. The Labute approximate surface area is 94.7 Å². The third-order valence-electron chi connectivity index (χ3n) is 1.64. The highest BCUT2D eigenvalue weighted by molar-refractivity contribution is 8.00. The second-order valence-electron chi connectivity index (χ2n) is 2.80. The summed E-state index contributed by atoms with van der Waals surface area (Å²) in [7, 11) is 0. The topological polar surface area (TPSA) is 56.0 Å². The Kier molecular flexibility index (Phi) is 3.17. The van der Waals surface area contributed by atoms with E-state index >= 15 is 0 Å². The van der Waals surface area contributed by atoms with Gasteiger partial charge in [0, 0.05) is 0 Å². The second-order valence-corrected chi connectivity index (χ2v) is 5.20. The highest BCUT2D eigenvalue weighted by Crippen LogP contribution is 2.25. The van der Waals surface area contributed by atoms with Gasteiger partial charge in [0.15, 0.2) is 16.4 Å². The van der Waals surface area contributed by atoms with Gasteiger partial charge >= 0.3 is 0 Å². The fourth-order valence-electron chi connectivity index (χ4n) is 1.01. The molecule has 0 atom stereocenters. The average molecular weight is 240 g/mol. The monoisotopic (exact) mass is 240 g/mol. The summed E-state index contributed by atoms with van der Waals surface area (Å²) < 4.78 is 6.14. The van der Waals surface area contributed by atoms with Gasteiger partial charge in [0.05, 0.1) is 5.75 Å². The first-order chi connectivity index (χ1) is 7.28. The van der Waals surface area contributed by atoms with E-state index in [1.165, 1.54) is 0 Å². The maximum absolute atomic E-state index is 10.4. The Morgan fingerprint density at radius 2 is 2.40 bits per heavy atom. The molecule has 2 aromatic heterocycles. The number of nitrogens with zero attached hydrogens (tertiary/aromatic N) is 2. The highest BCUT2D eigenvalue weighted by atomic mass is 32.2. The second kappa shape index (κ2) is 4.59. The van der Waals surface area contributed by atoms with Crippen molar-refractivity contribution >= 4 is 29.4 Å². The van der Waals surface area contributed by atoms with Gasteiger partial charge in [-0.3, -0.25) is 4.79 Å². The first-order valence-electron chi connectivity index (χ1n) is 4.25. The van der Waals surface area contributed by atoms with E-state index in [0.29, 0.717) is 17.8 Å². The summed E-state index contributed by atoms with van der Waals surface area (Å²) >= 11 is 3.10. The molecule has 2 aromatic rings. The van der Waals surface area contributed by atoms with Crippen LogP contribution in [0.1, 0.15) is 21.3 Å². The molecule has 0 saturated carbocycles. The lowest BCUT2D eigenvalue weighted by molar-refractivity contribution is 0.109. The Balaban J connectivity index is 1.95. The van der Waals surface area contributed by atoms with Crippen LogP contribution in [0.4, 0.5) is 0 Å². The minimum absolute atomic E-state index is 0.360. The van der Waals surface area contributed by atoms with E-state index in [1.807, 2.05) is 6.92 Å². The number of rotatable bonds is 4. The molecule has 0 bridgehead atoms. The molecule has 6 heteroatoms. The third kappa shape index (κ3) is 2.66. The fourth-order valence-corrected chi connectivity index (χ4v) is 2.71. The van der Waals surface area contributed by atoms with Crippen LogP contribution in [0, 0.1) is 6.92 Å². The molecule has 2 heterocycles. The van der Waals surface area contributed by atoms with Crippen molar-refractivity contribution in [1.29, 1.82) is 0 Å². The molecular formula is C9H8N2O2S2. The molecule has 4 nitrogen and oxygen atoms in total. The summed E-state index contributed by atoms with van der Waals surface area (Å²) in [6, 6.07) is 3.46. The molecule has 0 aliphatic carbocycles. The average Bonchev–Trinajstić information content (AvgIpc) is 2.83. The largest absolute Gasteiger partial charge is 0.457 e. The summed E-state index contributed by atoms with van der Waals surface area (Å²) in [5, 5.41) is 8.84. The molecule has 0 amide bonds. The van der Waals surface area contributed by atoms with Crippen LogP contribution in [0.2, 0.25) is 0 Å². The number of hydrogen-bond donors (Lipinski definition) is 0. The molecule has 0 aromatic carbocycles. The summed E-state index contributed by atoms with van der Waals surface area (Å²) in [4.78, 5) is 10.4. The van der Waals surface area contributed by atoms with Crippen LogP contribution in [0.25, 0.3) is 0 Å². The van der Waals surface area contributed by atoms with Crippen LogP contribution in [0.5, 0.6) is 0 Å². The van der Waals surface area contributed by atoms with Gasteiger partial charge in [0.2, 0.25) is 0 Å². The van der Waals surface area contributed by atoms with Crippen molar-refractivity contribution in [3.63, 3.8) is 0 Å². The number of aromatic nitrogens is 2. The molecule has 2 rings (SSSR count). The zero-order valence-electron chi connectivity index (χ0n) is 7.97. The van der Waals surface area contributed by atoms with Crippen molar-refractivity contribution in [3.8, 4) is 0 Å². The van der Waals surface area contributed by atoms with Crippen molar-refractivity contribution in [2.75, 3.05) is 0 Å². The van der Waals surface area contributed by atoms with Gasteiger partial charge in [-0.05, 0) is 19.1 Å². The van der Waals surface area contributed by atoms with E-state index in [4.69, 9.17) is 4.42 Å². The Morgan fingerprint density at radius 1 is 1.53 bits per heavy atom. The van der Waals surface area contributed by atoms with E-state index < -0.39 is 0 Å². The molecule has 0 N–H and O–H groups in total. The number of aldehydes is 1. The van der Waals surface area contributed by atoms with Crippen LogP contribution in [0.15, 0.2) is 20.9 Å². The maximum atomic E-state index is 10.4. The van der Waals surface area contributed by atoms with Gasteiger partial charge in [-0.15, -0.1) is 10.2 Å². The van der Waals surface area contributed by atoms with Crippen LogP contribution in [0.3, 0.4) is 0 Å². The summed E-state index contributed by atoms with van der Waals surface area (Å²) in [6.45, 7) is 1.92. The lowest BCUT2D eigenvalue weighted by Gasteiger charge is -1.91. The Bertz CT molecular complexity index is 464. The van der Waals surface area contributed by atoms with E-state index in [-0.39, 0.29) is 0 Å². The molecule has 15 heavy (non-hydrogen) atoms. The van der Waals surface area contributed by atoms with E-state index in [9.17, 15) is 4.79 Å². The molecule has 0 aliphatic rings. The predicted molar refractivity (Wildman–Crippen MR) is 58.3 cm³/mol. The molecule has 0 radical (unpaired) electrons. The van der Waals surface area contributed by atoms with Crippen LogP contribution >= 0.6 is 23.1 Å². The van der Waals surface area contributed by atoms with Crippen molar-refractivity contribution < 1.29 is 9.21 Å². The van der Waals surface area contributed by atoms with Gasteiger partial charge in [0.25, 0.3) is 0 Å². The molecule has 0 spiro atoms. The van der Waals surface area contributed by atoms with Gasteiger partial charge in [-0.25, -0.2) is 0 Å². The minimum Gasteiger partial charge on any atom is -0.457 e. The van der Waals surface area contributed by atoms with Gasteiger partial charge in [-0.2, -0.15) is 0 Å². The standard InChI is InChI=1S/C9H8N2O2S2/c1-6-10-11-9(15-6)14-5-8-3-2-7(4-12)13-8/h2-4H,5H2,1H3. The van der Waals surface area contributed by atoms with E-state index in [1.54, 1.807) is 35.2 Å². The predicted octanol–water partition coefficient (Wildman–Crippen LogP) is 2.54. The third-order valence-corrected chi connectivity index (χ3v) is 3.64. The van der Waals surface area contributed by atoms with Crippen LogP contribution in [-0.4, -0.2) is 16.5 Å². The first kappa shape index (κ1) is 10.4. The normalized spacial score (nSPS) is 10.5. The SMILES string of the molecule is Cc1nnc(SCc2ccc(C=O)o2)s1. The van der Waals surface area contributed by atoms with E-state index in [2.05, 4.69) is 10.2 Å². The van der Waals surface area contributed by atoms with Gasteiger partial charge in [-0.1, -0.05) is 23.1 Å². The quantitative estimate of drug-likeness (QED) is 0.607. The molecule has 0 aliphatic heterocycles. The molecule has 78 valence electrons. The number of furan rings is 1. The van der Waals surface area contributed by atoms with Gasteiger partial charge < -0.3 is 4.42 Å². The number of thioether (sulfide) groups is 1. The van der Waals surface area contributed by atoms with Crippen molar-refractivity contribution in [2.24, 2.45) is 0 Å². The maximum Gasteiger partial charge on any atom is 0.185 e. The lowest BCUT2D eigenvalue weighted by atomic mass is 10.4. The molecule has 0 saturated heterocycles.